The van der Waals surface area contributed by atoms with Gasteiger partial charge in [0, 0.05) is 19.3 Å². The maximum Gasteiger partial charge on any atom is 0.306 e. The standard InChI is InChI=1S/C52H90O6/c1-4-7-10-13-16-19-22-24-26-28-30-33-36-39-42-45-51(54)57-48-49(47-56-50(53)44-41-38-35-32-29-21-18-15-12-9-6-3)58-52(55)46-43-40-37-34-31-27-25-23-20-17-14-11-8-5-2/h15-16,18-19,21-22,24,27,29,31,49H,4-14,17,20,23,25-26,28,30,32-48H2,1-3H3/b18-15-,19-16-,24-22-,29-21-,31-27-. The quantitative estimate of drug-likeness (QED) is 0.0201. The molecule has 0 aromatic carbocycles. The Labute approximate surface area is 358 Å². The van der Waals surface area contributed by atoms with Crippen LogP contribution in [0, 0.1) is 0 Å². The van der Waals surface area contributed by atoms with Gasteiger partial charge in [-0.1, -0.05) is 184 Å². The Morgan fingerprint density at radius 1 is 0.345 bits per heavy atom. The Morgan fingerprint density at radius 3 is 1.07 bits per heavy atom. The molecular formula is C52H90O6. The van der Waals surface area contributed by atoms with Gasteiger partial charge in [0.05, 0.1) is 0 Å². The minimum atomic E-state index is -0.795. The van der Waals surface area contributed by atoms with E-state index in [1.54, 1.807) is 0 Å². The van der Waals surface area contributed by atoms with Crippen molar-refractivity contribution in [1.29, 1.82) is 0 Å². The van der Waals surface area contributed by atoms with Crippen LogP contribution >= 0.6 is 0 Å². The van der Waals surface area contributed by atoms with Crippen molar-refractivity contribution in [3.63, 3.8) is 0 Å². The van der Waals surface area contributed by atoms with Crippen molar-refractivity contribution < 1.29 is 28.6 Å². The molecule has 0 aliphatic carbocycles. The second-order valence-electron chi connectivity index (χ2n) is 16.1. The number of hydrogen-bond acceptors (Lipinski definition) is 6. The van der Waals surface area contributed by atoms with E-state index in [1.807, 2.05) is 0 Å². The summed E-state index contributed by atoms with van der Waals surface area (Å²) < 4.78 is 16.7. The lowest BCUT2D eigenvalue weighted by Crippen LogP contribution is -2.30. The fraction of sp³-hybridized carbons (Fsp3) is 0.750. The first-order chi connectivity index (χ1) is 28.5. The predicted octanol–water partition coefficient (Wildman–Crippen LogP) is 15.7. The minimum absolute atomic E-state index is 0.0952. The van der Waals surface area contributed by atoms with E-state index in [0.29, 0.717) is 19.3 Å². The Bertz CT molecular complexity index is 1070. The molecule has 0 aliphatic heterocycles. The number of rotatable bonds is 43. The Balaban J connectivity index is 4.44. The molecule has 0 spiro atoms. The second-order valence-corrected chi connectivity index (χ2v) is 16.1. The number of esters is 3. The van der Waals surface area contributed by atoms with Crippen molar-refractivity contribution in [3.05, 3.63) is 60.8 Å². The molecule has 0 rings (SSSR count). The first kappa shape index (κ1) is 55.1. The molecule has 0 fully saturated rings. The van der Waals surface area contributed by atoms with Crippen LogP contribution in [0.4, 0.5) is 0 Å². The summed E-state index contributed by atoms with van der Waals surface area (Å²) in [6.45, 7) is 6.50. The van der Waals surface area contributed by atoms with E-state index < -0.39 is 6.10 Å². The van der Waals surface area contributed by atoms with Crippen LogP contribution in [0.15, 0.2) is 60.8 Å². The SMILES string of the molecule is CCCC/C=C\C=C/CCCCCC(=O)OCC(COC(=O)CCCCCCCC/C=C\C=C/CCCCC)OC(=O)CCCCC/C=C\CCCCCCCCC. The van der Waals surface area contributed by atoms with Gasteiger partial charge >= 0.3 is 17.9 Å². The first-order valence-corrected chi connectivity index (χ1v) is 24.3. The fourth-order valence-electron chi connectivity index (χ4n) is 6.52. The molecule has 0 aliphatic rings. The zero-order chi connectivity index (χ0) is 42.3. The van der Waals surface area contributed by atoms with Crippen molar-refractivity contribution in [1.82, 2.24) is 0 Å². The van der Waals surface area contributed by atoms with Gasteiger partial charge in [-0.2, -0.15) is 0 Å². The first-order valence-electron chi connectivity index (χ1n) is 24.3. The van der Waals surface area contributed by atoms with E-state index in [2.05, 4.69) is 81.5 Å². The lowest BCUT2D eigenvalue weighted by Gasteiger charge is -2.18. The van der Waals surface area contributed by atoms with Gasteiger partial charge in [0.25, 0.3) is 0 Å². The molecule has 0 bridgehead atoms. The maximum atomic E-state index is 12.7. The highest BCUT2D eigenvalue weighted by molar-refractivity contribution is 5.71. The fourth-order valence-corrected chi connectivity index (χ4v) is 6.52. The highest BCUT2D eigenvalue weighted by Gasteiger charge is 2.19. The van der Waals surface area contributed by atoms with Crippen molar-refractivity contribution in [2.45, 2.75) is 239 Å². The zero-order valence-corrected chi connectivity index (χ0v) is 38.0. The minimum Gasteiger partial charge on any atom is -0.462 e. The highest BCUT2D eigenvalue weighted by Crippen LogP contribution is 2.13. The molecule has 58 heavy (non-hydrogen) atoms. The number of allylic oxidation sites excluding steroid dienone is 10. The molecule has 0 N–H and O–H groups in total. The summed E-state index contributed by atoms with van der Waals surface area (Å²) in [5.74, 6) is -0.951. The highest BCUT2D eigenvalue weighted by atomic mass is 16.6. The molecule has 0 aromatic rings. The van der Waals surface area contributed by atoms with Crippen LogP contribution in [0.2, 0.25) is 0 Å². The van der Waals surface area contributed by atoms with Gasteiger partial charge in [-0.05, 0) is 89.9 Å². The molecular weight excluding hydrogens is 721 g/mol. The van der Waals surface area contributed by atoms with Crippen LogP contribution in [0.25, 0.3) is 0 Å². The molecule has 334 valence electrons. The second kappa shape index (κ2) is 46.8. The van der Waals surface area contributed by atoms with Crippen molar-refractivity contribution in [2.75, 3.05) is 13.2 Å². The van der Waals surface area contributed by atoms with Crippen LogP contribution in [0.3, 0.4) is 0 Å². The van der Waals surface area contributed by atoms with Crippen molar-refractivity contribution in [2.24, 2.45) is 0 Å². The van der Waals surface area contributed by atoms with E-state index >= 15 is 0 Å². The Hall–Kier alpha value is -2.89. The zero-order valence-electron chi connectivity index (χ0n) is 38.0. The van der Waals surface area contributed by atoms with Gasteiger partial charge in [-0.3, -0.25) is 14.4 Å². The van der Waals surface area contributed by atoms with Crippen LogP contribution in [-0.2, 0) is 28.6 Å². The summed E-state index contributed by atoms with van der Waals surface area (Å²) in [4.78, 5) is 37.8. The van der Waals surface area contributed by atoms with E-state index in [1.165, 1.54) is 103 Å². The average Bonchev–Trinajstić information content (AvgIpc) is 3.22. The van der Waals surface area contributed by atoms with Crippen LogP contribution in [-0.4, -0.2) is 37.2 Å². The monoisotopic (exact) mass is 811 g/mol. The lowest BCUT2D eigenvalue weighted by atomic mass is 10.1. The average molecular weight is 811 g/mol. The lowest BCUT2D eigenvalue weighted by molar-refractivity contribution is -0.167. The van der Waals surface area contributed by atoms with Gasteiger partial charge in [0.15, 0.2) is 6.10 Å². The third-order valence-corrected chi connectivity index (χ3v) is 10.3. The molecule has 0 saturated carbocycles. The van der Waals surface area contributed by atoms with Crippen LogP contribution in [0.1, 0.15) is 233 Å². The molecule has 0 heterocycles. The number of carbonyl (C=O) groups is 3. The Morgan fingerprint density at radius 2 is 0.638 bits per heavy atom. The van der Waals surface area contributed by atoms with Gasteiger partial charge in [0.2, 0.25) is 0 Å². The summed E-state index contributed by atoms with van der Waals surface area (Å²) >= 11 is 0. The summed E-state index contributed by atoms with van der Waals surface area (Å²) in [6, 6.07) is 0. The number of ether oxygens (including phenoxy) is 3. The molecule has 0 aromatic heterocycles. The molecule has 6 heteroatoms. The third kappa shape index (κ3) is 44.2. The van der Waals surface area contributed by atoms with Gasteiger partial charge in [-0.15, -0.1) is 0 Å². The predicted molar refractivity (Wildman–Crippen MR) is 247 cm³/mol. The molecule has 1 atom stereocenters. The van der Waals surface area contributed by atoms with E-state index in [-0.39, 0.29) is 31.1 Å². The van der Waals surface area contributed by atoms with Crippen LogP contribution in [0.5, 0.6) is 0 Å². The van der Waals surface area contributed by atoms with Crippen LogP contribution < -0.4 is 0 Å². The van der Waals surface area contributed by atoms with Gasteiger partial charge in [-0.25, -0.2) is 0 Å². The number of hydrogen-bond donors (Lipinski definition) is 0. The number of unbranched alkanes of at least 4 members (excludes halogenated alkanes) is 24. The molecule has 0 amide bonds. The molecule has 0 saturated heterocycles. The maximum absolute atomic E-state index is 12.7. The smallest absolute Gasteiger partial charge is 0.306 e. The van der Waals surface area contributed by atoms with Crippen molar-refractivity contribution >= 4 is 17.9 Å². The van der Waals surface area contributed by atoms with E-state index in [9.17, 15) is 14.4 Å². The summed E-state index contributed by atoms with van der Waals surface area (Å²) in [5, 5.41) is 0. The third-order valence-electron chi connectivity index (χ3n) is 10.3. The molecule has 0 radical (unpaired) electrons. The summed E-state index contributed by atoms with van der Waals surface area (Å²) in [6.07, 6.45) is 56.3. The van der Waals surface area contributed by atoms with Gasteiger partial charge < -0.3 is 14.2 Å². The molecule has 1 unspecified atom stereocenters. The van der Waals surface area contributed by atoms with E-state index in [4.69, 9.17) is 14.2 Å². The topological polar surface area (TPSA) is 78.9 Å². The molecule has 6 nitrogen and oxygen atoms in total. The Kier molecular flexibility index (Phi) is 44.5. The van der Waals surface area contributed by atoms with Gasteiger partial charge in [0.1, 0.15) is 13.2 Å². The largest absolute Gasteiger partial charge is 0.462 e. The van der Waals surface area contributed by atoms with Crippen molar-refractivity contribution in [3.8, 4) is 0 Å². The van der Waals surface area contributed by atoms with E-state index in [0.717, 1.165) is 89.9 Å². The summed E-state index contributed by atoms with van der Waals surface area (Å²) in [7, 11) is 0. The summed E-state index contributed by atoms with van der Waals surface area (Å²) in [5.41, 5.74) is 0. The number of carbonyl (C=O) groups excluding carboxylic acids is 3. The normalized spacial score (nSPS) is 12.5.